The largest absolute Gasteiger partial charge is 0.350 e. The lowest BCUT2D eigenvalue weighted by Crippen LogP contribution is -2.48. The molecular formula is C12H15N5OS. The molecule has 0 unspecified atom stereocenters. The Kier molecular flexibility index (Phi) is 3.56. The molecule has 0 saturated carbocycles. The third-order valence-electron chi connectivity index (χ3n) is 3.09. The molecular weight excluding hydrogens is 262 g/mol. The highest BCUT2D eigenvalue weighted by atomic mass is 32.1. The van der Waals surface area contributed by atoms with Crippen molar-refractivity contribution in [1.82, 2.24) is 25.6 Å². The van der Waals surface area contributed by atoms with Crippen molar-refractivity contribution in [2.75, 3.05) is 19.6 Å². The molecule has 1 aliphatic rings. The number of rotatable bonds is 5. The van der Waals surface area contributed by atoms with Gasteiger partial charge in [0.05, 0.1) is 12.7 Å². The number of aromatic nitrogens is 3. The van der Waals surface area contributed by atoms with Gasteiger partial charge in [-0.25, -0.2) is 4.68 Å². The highest BCUT2D eigenvalue weighted by molar-refractivity contribution is 7.09. The second-order valence-corrected chi connectivity index (χ2v) is 5.65. The fourth-order valence-corrected chi connectivity index (χ4v) is 2.56. The fourth-order valence-electron chi connectivity index (χ4n) is 1.86. The summed E-state index contributed by atoms with van der Waals surface area (Å²) in [5.74, 6) is 0.398. The quantitative estimate of drug-likeness (QED) is 0.826. The van der Waals surface area contributed by atoms with E-state index in [4.69, 9.17) is 0 Å². The van der Waals surface area contributed by atoms with Gasteiger partial charge < -0.3 is 10.6 Å². The van der Waals surface area contributed by atoms with Crippen molar-refractivity contribution in [3.05, 3.63) is 34.3 Å². The van der Waals surface area contributed by atoms with E-state index >= 15 is 0 Å². The molecule has 7 heteroatoms. The standard InChI is InChI=1S/C12H15N5OS/c18-12(14-6-9-4-13-5-9)11-8-17(16-15-11)7-10-2-1-3-19-10/h1-3,8-9,13H,4-7H2,(H,14,18). The lowest BCUT2D eigenvalue weighted by atomic mass is 10.0. The summed E-state index contributed by atoms with van der Waals surface area (Å²) in [7, 11) is 0. The van der Waals surface area contributed by atoms with E-state index in [9.17, 15) is 4.79 Å². The molecule has 100 valence electrons. The Bertz CT molecular complexity index is 546. The molecule has 3 rings (SSSR count). The van der Waals surface area contributed by atoms with Gasteiger partial charge in [0.25, 0.3) is 5.91 Å². The Balaban J connectivity index is 1.55. The van der Waals surface area contributed by atoms with Gasteiger partial charge in [0.15, 0.2) is 5.69 Å². The van der Waals surface area contributed by atoms with Crippen LogP contribution < -0.4 is 10.6 Å². The zero-order chi connectivity index (χ0) is 13.1. The first-order valence-corrected chi connectivity index (χ1v) is 7.10. The Morgan fingerprint density at radius 1 is 1.58 bits per heavy atom. The van der Waals surface area contributed by atoms with E-state index in [1.807, 2.05) is 17.5 Å². The van der Waals surface area contributed by atoms with Gasteiger partial charge in [-0.15, -0.1) is 16.4 Å². The minimum atomic E-state index is -0.149. The van der Waals surface area contributed by atoms with Crippen molar-refractivity contribution in [2.45, 2.75) is 6.54 Å². The molecule has 1 amide bonds. The van der Waals surface area contributed by atoms with Crippen molar-refractivity contribution in [2.24, 2.45) is 5.92 Å². The van der Waals surface area contributed by atoms with Crippen molar-refractivity contribution in [3.63, 3.8) is 0 Å². The smallest absolute Gasteiger partial charge is 0.273 e. The average molecular weight is 277 g/mol. The summed E-state index contributed by atoms with van der Waals surface area (Å²) < 4.78 is 1.69. The molecule has 2 aromatic heterocycles. The summed E-state index contributed by atoms with van der Waals surface area (Å²) in [5, 5.41) is 16.0. The van der Waals surface area contributed by atoms with Gasteiger partial charge in [-0.1, -0.05) is 11.3 Å². The third kappa shape index (κ3) is 2.99. The van der Waals surface area contributed by atoms with Gasteiger partial charge in [0.2, 0.25) is 0 Å². The first-order chi connectivity index (χ1) is 9.31. The molecule has 0 atom stereocenters. The number of hydrogen-bond acceptors (Lipinski definition) is 5. The topological polar surface area (TPSA) is 71.8 Å². The Morgan fingerprint density at radius 2 is 2.47 bits per heavy atom. The highest BCUT2D eigenvalue weighted by Crippen LogP contribution is 2.10. The lowest BCUT2D eigenvalue weighted by molar-refractivity contribution is 0.0937. The van der Waals surface area contributed by atoms with E-state index in [1.54, 1.807) is 22.2 Å². The fraction of sp³-hybridized carbons (Fsp3) is 0.417. The van der Waals surface area contributed by atoms with Gasteiger partial charge in [0, 0.05) is 30.4 Å². The van der Waals surface area contributed by atoms with Gasteiger partial charge >= 0.3 is 0 Å². The molecule has 1 aliphatic heterocycles. The Morgan fingerprint density at radius 3 is 3.16 bits per heavy atom. The van der Waals surface area contributed by atoms with Crippen molar-refractivity contribution >= 4 is 17.2 Å². The van der Waals surface area contributed by atoms with Crippen LogP contribution in [0.15, 0.2) is 23.7 Å². The van der Waals surface area contributed by atoms with Crippen LogP contribution in [0.5, 0.6) is 0 Å². The maximum atomic E-state index is 11.9. The van der Waals surface area contributed by atoms with Crippen molar-refractivity contribution in [1.29, 1.82) is 0 Å². The average Bonchev–Trinajstić information content (AvgIpc) is 2.99. The molecule has 3 heterocycles. The molecule has 1 fully saturated rings. The van der Waals surface area contributed by atoms with E-state index in [0.717, 1.165) is 13.1 Å². The minimum absolute atomic E-state index is 0.149. The monoisotopic (exact) mass is 277 g/mol. The maximum absolute atomic E-state index is 11.9. The molecule has 1 saturated heterocycles. The molecule has 0 spiro atoms. The first-order valence-electron chi connectivity index (χ1n) is 6.22. The molecule has 0 radical (unpaired) electrons. The molecule has 2 aromatic rings. The van der Waals surface area contributed by atoms with Gasteiger partial charge in [-0.05, 0) is 11.4 Å². The van der Waals surface area contributed by atoms with Crippen LogP contribution in [0.2, 0.25) is 0 Å². The van der Waals surface area contributed by atoms with E-state index in [0.29, 0.717) is 24.7 Å². The summed E-state index contributed by atoms with van der Waals surface area (Å²) in [4.78, 5) is 13.1. The van der Waals surface area contributed by atoms with Gasteiger partial charge in [-0.3, -0.25) is 4.79 Å². The van der Waals surface area contributed by atoms with Crippen LogP contribution >= 0.6 is 11.3 Å². The molecule has 0 aliphatic carbocycles. The van der Waals surface area contributed by atoms with Crippen LogP contribution in [-0.4, -0.2) is 40.5 Å². The highest BCUT2D eigenvalue weighted by Gasteiger charge is 2.18. The second kappa shape index (κ2) is 5.50. The van der Waals surface area contributed by atoms with E-state index in [1.165, 1.54) is 4.88 Å². The predicted molar refractivity (Wildman–Crippen MR) is 72.1 cm³/mol. The number of nitrogens with zero attached hydrogens (tertiary/aromatic N) is 3. The minimum Gasteiger partial charge on any atom is -0.350 e. The molecule has 19 heavy (non-hydrogen) atoms. The number of hydrogen-bond donors (Lipinski definition) is 2. The molecule has 0 bridgehead atoms. The van der Waals surface area contributed by atoms with Gasteiger partial charge in [0.1, 0.15) is 0 Å². The maximum Gasteiger partial charge on any atom is 0.273 e. The predicted octanol–water partition coefficient (Wildman–Crippen LogP) is 0.337. The summed E-state index contributed by atoms with van der Waals surface area (Å²) in [6.07, 6.45) is 1.69. The van der Waals surface area contributed by atoms with E-state index in [-0.39, 0.29) is 5.91 Å². The van der Waals surface area contributed by atoms with Crippen LogP contribution in [0.25, 0.3) is 0 Å². The molecule has 2 N–H and O–H groups in total. The summed E-state index contributed by atoms with van der Waals surface area (Å²) in [6.45, 7) is 3.31. The summed E-state index contributed by atoms with van der Waals surface area (Å²) in [6, 6.07) is 4.03. The number of carbonyl (C=O) groups is 1. The van der Waals surface area contributed by atoms with E-state index in [2.05, 4.69) is 20.9 Å². The molecule has 6 nitrogen and oxygen atoms in total. The van der Waals surface area contributed by atoms with Crippen LogP contribution in [0.3, 0.4) is 0 Å². The number of amides is 1. The third-order valence-corrected chi connectivity index (χ3v) is 3.95. The Labute approximate surface area is 114 Å². The van der Waals surface area contributed by atoms with Gasteiger partial charge in [-0.2, -0.15) is 0 Å². The summed E-state index contributed by atoms with van der Waals surface area (Å²) in [5.41, 5.74) is 0.379. The number of nitrogens with one attached hydrogen (secondary N) is 2. The normalized spacial score (nSPS) is 15.2. The van der Waals surface area contributed by atoms with Crippen LogP contribution in [0.4, 0.5) is 0 Å². The van der Waals surface area contributed by atoms with Crippen molar-refractivity contribution in [3.8, 4) is 0 Å². The second-order valence-electron chi connectivity index (χ2n) is 4.62. The zero-order valence-corrected chi connectivity index (χ0v) is 11.2. The number of carbonyl (C=O) groups excluding carboxylic acids is 1. The summed E-state index contributed by atoms with van der Waals surface area (Å²) >= 11 is 1.66. The lowest BCUT2D eigenvalue weighted by Gasteiger charge is -2.26. The first kappa shape index (κ1) is 12.3. The SMILES string of the molecule is O=C(NCC1CNC1)c1cn(Cc2cccs2)nn1. The molecule has 0 aromatic carbocycles. The van der Waals surface area contributed by atoms with Crippen LogP contribution in [-0.2, 0) is 6.54 Å². The van der Waals surface area contributed by atoms with Crippen LogP contribution in [0, 0.1) is 5.92 Å². The zero-order valence-electron chi connectivity index (χ0n) is 10.4. The van der Waals surface area contributed by atoms with Crippen molar-refractivity contribution < 1.29 is 4.79 Å². The van der Waals surface area contributed by atoms with E-state index < -0.39 is 0 Å². The Hall–Kier alpha value is -1.73. The number of thiophene rings is 1. The van der Waals surface area contributed by atoms with Crippen LogP contribution in [0.1, 0.15) is 15.4 Å².